The minimum Gasteiger partial charge on any atom is -0.477 e. The molecular formula is C16H25N3O4. The number of hydrogen-bond acceptors (Lipinski definition) is 5. The standard InChI is InChI=1S/C16H25N3O4/c1-3-7-17-16(22)19-12-8-11(14(20)15(12)21)9-23-13-6-4-5-10(2)18-13/h4-6,11-12,14-15,20-21H,3,7-9H2,1-2H3,(H2,17,19,22)/t11-,12-,14-,15+/m1/s1. The zero-order valence-electron chi connectivity index (χ0n) is 13.5. The van der Waals surface area contributed by atoms with Gasteiger partial charge in [-0.1, -0.05) is 13.0 Å². The number of urea groups is 1. The molecule has 0 bridgehead atoms. The minimum absolute atomic E-state index is 0.240. The van der Waals surface area contributed by atoms with Crippen molar-refractivity contribution in [3.63, 3.8) is 0 Å². The molecule has 0 unspecified atom stereocenters. The number of nitrogens with one attached hydrogen (secondary N) is 2. The third kappa shape index (κ3) is 4.80. The summed E-state index contributed by atoms with van der Waals surface area (Å²) in [5, 5.41) is 25.6. The number of rotatable bonds is 6. The number of hydrogen-bond donors (Lipinski definition) is 4. The number of carbonyl (C=O) groups is 1. The fourth-order valence-corrected chi connectivity index (χ4v) is 2.68. The van der Waals surface area contributed by atoms with Crippen molar-refractivity contribution in [3.05, 3.63) is 23.9 Å². The van der Waals surface area contributed by atoms with Crippen molar-refractivity contribution in [1.29, 1.82) is 0 Å². The summed E-state index contributed by atoms with van der Waals surface area (Å²) in [6.45, 7) is 4.64. The van der Waals surface area contributed by atoms with Gasteiger partial charge < -0.3 is 25.6 Å². The van der Waals surface area contributed by atoms with Crippen molar-refractivity contribution in [3.8, 4) is 5.88 Å². The van der Waals surface area contributed by atoms with Crippen LogP contribution in [0.2, 0.25) is 0 Å². The first kappa shape index (κ1) is 17.5. The highest BCUT2D eigenvalue weighted by Gasteiger charge is 2.42. The molecule has 0 saturated heterocycles. The summed E-state index contributed by atoms with van der Waals surface area (Å²) < 4.78 is 5.60. The van der Waals surface area contributed by atoms with Gasteiger partial charge in [-0.25, -0.2) is 9.78 Å². The predicted molar refractivity (Wildman–Crippen MR) is 85.2 cm³/mol. The van der Waals surface area contributed by atoms with Crippen LogP contribution < -0.4 is 15.4 Å². The Bertz CT molecular complexity index is 526. The molecule has 128 valence electrons. The third-order valence-corrected chi connectivity index (χ3v) is 3.96. The lowest BCUT2D eigenvalue weighted by Crippen LogP contribution is -2.47. The summed E-state index contributed by atoms with van der Waals surface area (Å²) >= 11 is 0. The lowest BCUT2D eigenvalue weighted by molar-refractivity contribution is 0.00293. The quantitative estimate of drug-likeness (QED) is 0.613. The minimum atomic E-state index is -0.999. The molecule has 4 N–H and O–H groups in total. The normalized spacial score (nSPS) is 26.8. The van der Waals surface area contributed by atoms with Crippen molar-refractivity contribution in [2.24, 2.45) is 5.92 Å². The molecule has 0 aliphatic heterocycles. The molecule has 23 heavy (non-hydrogen) atoms. The van der Waals surface area contributed by atoms with Crippen LogP contribution in [-0.2, 0) is 0 Å². The molecule has 4 atom stereocenters. The average Bonchev–Trinajstić information content (AvgIpc) is 2.79. The van der Waals surface area contributed by atoms with E-state index < -0.39 is 18.2 Å². The molecule has 1 aromatic rings. The number of aliphatic hydroxyl groups excluding tert-OH is 2. The number of aryl methyl sites for hydroxylation is 1. The Morgan fingerprint density at radius 2 is 2.17 bits per heavy atom. The van der Waals surface area contributed by atoms with Gasteiger partial charge in [-0.2, -0.15) is 0 Å². The highest BCUT2D eigenvalue weighted by atomic mass is 16.5. The molecule has 1 aliphatic rings. The second kappa shape index (κ2) is 8.12. The summed E-state index contributed by atoms with van der Waals surface area (Å²) in [6, 6.07) is 4.65. The highest BCUT2D eigenvalue weighted by molar-refractivity contribution is 5.74. The van der Waals surface area contributed by atoms with E-state index in [0.717, 1.165) is 12.1 Å². The monoisotopic (exact) mass is 323 g/mol. The van der Waals surface area contributed by atoms with Crippen LogP contribution in [0.5, 0.6) is 5.88 Å². The molecule has 1 aromatic heterocycles. The van der Waals surface area contributed by atoms with Crippen molar-refractivity contribution in [2.45, 2.75) is 44.9 Å². The number of pyridine rings is 1. The van der Waals surface area contributed by atoms with Gasteiger partial charge in [-0.05, 0) is 25.8 Å². The molecule has 0 spiro atoms. The molecule has 2 rings (SSSR count). The number of amides is 2. The maximum atomic E-state index is 11.7. The maximum Gasteiger partial charge on any atom is 0.315 e. The van der Waals surface area contributed by atoms with Crippen molar-refractivity contribution >= 4 is 6.03 Å². The number of aliphatic hydroxyl groups is 2. The van der Waals surface area contributed by atoms with Gasteiger partial charge in [0, 0.05) is 24.2 Å². The van der Waals surface area contributed by atoms with Gasteiger partial charge in [-0.3, -0.25) is 0 Å². The van der Waals surface area contributed by atoms with Crippen LogP contribution in [0, 0.1) is 12.8 Å². The van der Waals surface area contributed by atoms with Crippen LogP contribution >= 0.6 is 0 Å². The second-order valence-electron chi connectivity index (χ2n) is 5.91. The first-order valence-electron chi connectivity index (χ1n) is 7.98. The second-order valence-corrected chi connectivity index (χ2v) is 5.91. The van der Waals surface area contributed by atoms with E-state index in [0.29, 0.717) is 18.8 Å². The average molecular weight is 323 g/mol. The summed E-state index contributed by atoms with van der Waals surface area (Å²) in [5.74, 6) is 0.229. The van der Waals surface area contributed by atoms with Crippen molar-refractivity contribution in [1.82, 2.24) is 15.6 Å². The molecule has 1 aliphatic carbocycles. The van der Waals surface area contributed by atoms with E-state index in [2.05, 4.69) is 15.6 Å². The van der Waals surface area contributed by atoms with E-state index in [9.17, 15) is 15.0 Å². The summed E-state index contributed by atoms with van der Waals surface area (Å²) in [5.41, 5.74) is 0.849. The van der Waals surface area contributed by atoms with Crippen LogP contribution in [0.4, 0.5) is 4.79 Å². The summed E-state index contributed by atoms with van der Waals surface area (Å²) in [7, 11) is 0. The Kier molecular flexibility index (Phi) is 6.18. The SMILES string of the molecule is CCCNC(=O)N[C@@H]1C[C@H](COc2cccc(C)n2)[C@@H](O)[C@H]1O. The lowest BCUT2D eigenvalue weighted by Gasteiger charge is -2.18. The number of aromatic nitrogens is 1. The highest BCUT2D eigenvalue weighted by Crippen LogP contribution is 2.27. The van der Waals surface area contributed by atoms with Crippen LogP contribution in [0.15, 0.2) is 18.2 Å². The molecule has 2 amide bonds. The third-order valence-electron chi connectivity index (χ3n) is 3.96. The van der Waals surface area contributed by atoms with Crippen LogP contribution in [0.25, 0.3) is 0 Å². The van der Waals surface area contributed by atoms with E-state index in [-0.39, 0.29) is 18.6 Å². The molecule has 1 fully saturated rings. The van der Waals surface area contributed by atoms with Crippen molar-refractivity contribution in [2.75, 3.05) is 13.2 Å². The Hall–Kier alpha value is -1.86. The smallest absolute Gasteiger partial charge is 0.315 e. The topological polar surface area (TPSA) is 104 Å². The van der Waals surface area contributed by atoms with E-state index in [1.807, 2.05) is 26.0 Å². The van der Waals surface area contributed by atoms with Gasteiger partial charge in [-0.15, -0.1) is 0 Å². The van der Waals surface area contributed by atoms with Crippen LogP contribution in [-0.4, -0.2) is 52.6 Å². The largest absolute Gasteiger partial charge is 0.477 e. The number of carbonyl (C=O) groups excluding carboxylic acids is 1. The Balaban J connectivity index is 1.85. The Labute approximate surface area is 136 Å². The van der Waals surface area contributed by atoms with Gasteiger partial charge in [0.1, 0.15) is 6.10 Å². The van der Waals surface area contributed by atoms with Gasteiger partial charge in [0.2, 0.25) is 5.88 Å². The zero-order valence-corrected chi connectivity index (χ0v) is 13.5. The Morgan fingerprint density at radius 3 is 2.87 bits per heavy atom. The fraction of sp³-hybridized carbons (Fsp3) is 0.625. The van der Waals surface area contributed by atoms with Gasteiger partial charge >= 0.3 is 6.03 Å². The first-order valence-corrected chi connectivity index (χ1v) is 7.98. The molecule has 1 heterocycles. The van der Waals surface area contributed by atoms with E-state index in [4.69, 9.17) is 4.74 Å². The molecule has 1 saturated carbocycles. The van der Waals surface area contributed by atoms with Gasteiger partial charge in [0.05, 0.1) is 18.8 Å². The summed E-state index contributed by atoms with van der Waals surface area (Å²) in [4.78, 5) is 15.9. The predicted octanol–water partition coefficient (Wildman–Crippen LogP) is 0.588. The van der Waals surface area contributed by atoms with Gasteiger partial charge in [0.15, 0.2) is 0 Å². The molecule has 0 radical (unpaired) electrons. The van der Waals surface area contributed by atoms with E-state index in [1.54, 1.807) is 6.07 Å². The zero-order chi connectivity index (χ0) is 16.8. The van der Waals surface area contributed by atoms with E-state index in [1.165, 1.54) is 0 Å². The molecule has 7 heteroatoms. The van der Waals surface area contributed by atoms with Gasteiger partial charge in [0.25, 0.3) is 0 Å². The fourth-order valence-electron chi connectivity index (χ4n) is 2.68. The first-order chi connectivity index (χ1) is 11.0. The van der Waals surface area contributed by atoms with Crippen LogP contribution in [0.3, 0.4) is 0 Å². The summed E-state index contributed by atoms with van der Waals surface area (Å²) in [6.07, 6.45) is -0.644. The maximum absolute atomic E-state index is 11.7. The van der Waals surface area contributed by atoms with E-state index >= 15 is 0 Å². The Morgan fingerprint density at radius 1 is 1.39 bits per heavy atom. The van der Waals surface area contributed by atoms with Crippen LogP contribution in [0.1, 0.15) is 25.5 Å². The molecule has 0 aromatic carbocycles. The van der Waals surface area contributed by atoms with Crippen molar-refractivity contribution < 1.29 is 19.7 Å². The molecular weight excluding hydrogens is 298 g/mol. The number of nitrogens with zero attached hydrogens (tertiary/aromatic N) is 1. The molecule has 7 nitrogen and oxygen atoms in total. The lowest BCUT2D eigenvalue weighted by atomic mass is 10.1. The number of ether oxygens (including phenoxy) is 1.